The van der Waals surface area contributed by atoms with Crippen LogP contribution in [0.2, 0.25) is 5.02 Å². The molecule has 1 aromatic carbocycles. The molecule has 23 heavy (non-hydrogen) atoms. The molecule has 3 rings (SSSR count). The topological polar surface area (TPSA) is 76.5 Å². The molecule has 0 spiro atoms. The van der Waals surface area contributed by atoms with Gasteiger partial charge in [-0.15, -0.1) is 0 Å². The summed E-state index contributed by atoms with van der Waals surface area (Å²) in [5, 5.41) is 7.34. The molecular formula is C15H15ClN4O3. The van der Waals surface area contributed by atoms with Crippen molar-refractivity contribution in [3.05, 3.63) is 41.7 Å². The predicted octanol–water partition coefficient (Wildman–Crippen LogP) is 1.99. The van der Waals surface area contributed by atoms with Gasteiger partial charge in [0.1, 0.15) is 5.54 Å². The zero-order valence-corrected chi connectivity index (χ0v) is 13.4. The second-order valence-corrected chi connectivity index (χ2v) is 5.84. The maximum Gasteiger partial charge on any atom is 0.329 e. The zero-order chi connectivity index (χ0) is 16.6. The molecule has 1 saturated heterocycles. The Morgan fingerprint density at radius 3 is 2.78 bits per heavy atom. The third kappa shape index (κ3) is 2.58. The molecule has 1 aliphatic heterocycles. The fraction of sp³-hybridized carbons (Fsp3) is 0.267. The first-order valence-corrected chi connectivity index (χ1v) is 7.29. The van der Waals surface area contributed by atoms with Crippen molar-refractivity contribution < 1.29 is 14.3 Å². The van der Waals surface area contributed by atoms with E-state index in [4.69, 9.17) is 16.3 Å². The standard InChI is InChI=1S/C15H15ClN4O3/c1-15(9-23-2)13(21)20(14(22)18-15)10-7-17-19(8-10)12-6-4-3-5-11(12)16/h3-8H,9H2,1-2H3,(H,18,22). The van der Waals surface area contributed by atoms with E-state index in [1.54, 1.807) is 25.3 Å². The number of nitrogens with one attached hydrogen (secondary N) is 1. The molecule has 7 nitrogen and oxygen atoms in total. The molecule has 3 amide bonds. The summed E-state index contributed by atoms with van der Waals surface area (Å²) < 4.78 is 6.54. The minimum absolute atomic E-state index is 0.0900. The highest BCUT2D eigenvalue weighted by atomic mass is 35.5. The van der Waals surface area contributed by atoms with E-state index in [2.05, 4.69) is 10.4 Å². The number of carbonyl (C=O) groups excluding carboxylic acids is 2. The van der Waals surface area contributed by atoms with Crippen molar-refractivity contribution >= 4 is 29.2 Å². The fourth-order valence-electron chi connectivity index (χ4n) is 2.50. The fourth-order valence-corrected chi connectivity index (χ4v) is 2.73. The van der Waals surface area contributed by atoms with Gasteiger partial charge in [0.25, 0.3) is 5.91 Å². The number of halogens is 1. The molecule has 1 fully saturated rings. The highest BCUT2D eigenvalue weighted by Gasteiger charge is 2.49. The number of rotatable bonds is 4. The van der Waals surface area contributed by atoms with Gasteiger partial charge in [0, 0.05) is 7.11 Å². The van der Waals surface area contributed by atoms with Crippen molar-refractivity contribution in [2.75, 3.05) is 18.6 Å². The Hall–Kier alpha value is -2.38. The number of imide groups is 1. The Morgan fingerprint density at radius 2 is 2.09 bits per heavy atom. The van der Waals surface area contributed by atoms with E-state index >= 15 is 0 Å². The predicted molar refractivity (Wildman–Crippen MR) is 84.9 cm³/mol. The normalized spacial score (nSPS) is 20.9. The van der Waals surface area contributed by atoms with Crippen LogP contribution >= 0.6 is 11.6 Å². The molecule has 8 heteroatoms. The summed E-state index contributed by atoms with van der Waals surface area (Å²) in [6, 6.07) is 6.66. The third-order valence-corrected chi connectivity index (χ3v) is 3.94. The Morgan fingerprint density at radius 1 is 1.35 bits per heavy atom. The molecule has 0 bridgehead atoms. The van der Waals surface area contributed by atoms with E-state index < -0.39 is 11.6 Å². The highest BCUT2D eigenvalue weighted by molar-refractivity contribution is 6.32. The van der Waals surface area contributed by atoms with Gasteiger partial charge in [-0.3, -0.25) is 4.79 Å². The molecule has 0 radical (unpaired) electrons. The largest absolute Gasteiger partial charge is 0.382 e. The number of ether oxygens (including phenoxy) is 1. The number of benzene rings is 1. The van der Waals surface area contributed by atoms with Crippen LogP contribution in [0, 0.1) is 0 Å². The molecule has 1 aromatic heterocycles. The van der Waals surface area contributed by atoms with Gasteiger partial charge in [-0.2, -0.15) is 5.10 Å². The number of hydrogen-bond donors (Lipinski definition) is 1. The second-order valence-electron chi connectivity index (χ2n) is 5.43. The number of aromatic nitrogens is 2. The molecule has 2 aromatic rings. The summed E-state index contributed by atoms with van der Waals surface area (Å²) in [5.41, 5.74) is -0.0578. The number of amides is 3. The van der Waals surface area contributed by atoms with Gasteiger partial charge in [0.15, 0.2) is 0 Å². The lowest BCUT2D eigenvalue weighted by Crippen LogP contribution is -2.47. The lowest BCUT2D eigenvalue weighted by molar-refractivity contribution is -0.123. The summed E-state index contributed by atoms with van der Waals surface area (Å²) >= 11 is 6.13. The smallest absolute Gasteiger partial charge is 0.329 e. The summed E-state index contributed by atoms with van der Waals surface area (Å²) in [4.78, 5) is 25.8. The number of urea groups is 1. The Labute approximate surface area is 137 Å². The van der Waals surface area contributed by atoms with E-state index in [9.17, 15) is 9.59 Å². The molecule has 1 atom stereocenters. The van der Waals surface area contributed by atoms with Crippen molar-refractivity contribution in [3.63, 3.8) is 0 Å². The Kier molecular flexibility index (Phi) is 3.83. The average Bonchev–Trinajstić information content (AvgIpc) is 3.04. The number of carbonyl (C=O) groups is 2. The van der Waals surface area contributed by atoms with E-state index in [1.807, 2.05) is 12.1 Å². The quantitative estimate of drug-likeness (QED) is 0.867. The molecule has 0 saturated carbocycles. The maximum absolute atomic E-state index is 12.5. The summed E-state index contributed by atoms with van der Waals surface area (Å²) in [6.07, 6.45) is 3.02. The Balaban J connectivity index is 1.93. The van der Waals surface area contributed by atoms with Gasteiger partial charge in [0.2, 0.25) is 0 Å². The van der Waals surface area contributed by atoms with Gasteiger partial charge in [0.05, 0.1) is 35.4 Å². The van der Waals surface area contributed by atoms with E-state index in [1.165, 1.54) is 18.0 Å². The van der Waals surface area contributed by atoms with Crippen LogP contribution in [0.5, 0.6) is 0 Å². The van der Waals surface area contributed by atoms with Gasteiger partial charge in [-0.1, -0.05) is 23.7 Å². The van der Waals surface area contributed by atoms with Gasteiger partial charge >= 0.3 is 6.03 Å². The number of nitrogens with zero attached hydrogens (tertiary/aromatic N) is 3. The van der Waals surface area contributed by atoms with Crippen LogP contribution < -0.4 is 10.2 Å². The molecule has 1 aliphatic rings. The average molecular weight is 335 g/mol. The first kappa shape index (κ1) is 15.5. The minimum atomic E-state index is -1.08. The van der Waals surface area contributed by atoms with Crippen LogP contribution in [-0.4, -0.2) is 41.0 Å². The highest BCUT2D eigenvalue weighted by Crippen LogP contribution is 2.27. The number of anilines is 1. The van der Waals surface area contributed by atoms with Crippen LogP contribution in [0.25, 0.3) is 5.69 Å². The third-order valence-electron chi connectivity index (χ3n) is 3.62. The summed E-state index contributed by atoms with van der Waals surface area (Å²) in [6.45, 7) is 1.71. The van der Waals surface area contributed by atoms with Crippen LogP contribution in [0.15, 0.2) is 36.7 Å². The van der Waals surface area contributed by atoms with Crippen LogP contribution in [0.3, 0.4) is 0 Å². The minimum Gasteiger partial charge on any atom is -0.382 e. The molecular weight excluding hydrogens is 320 g/mol. The Bertz CT molecular complexity index is 776. The van der Waals surface area contributed by atoms with E-state index in [0.29, 0.717) is 16.4 Å². The van der Waals surface area contributed by atoms with Crippen molar-refractivity contribution in [1.29, 1.82) is 0 Å². The first-order chi connectivity index (χ1) is 11.0. The summed E-state index contributed by atoms with van der Waals surface area (Å²) in [7, 11) is 1.47. The van der Waals surface area contributed by atoms with Crippen molar-refractivity contribution in [1.82, 2.24) is 15.1 Å². The zero-order valence-electron chi connectivity index (χ0n) is 12.6. The SMILES string of the molecule is COCC1(C)NC(=O)N(c2cnn(-c3ccccc3Cl)c2)C1=O. The molecule has 2 heterocycles. The number of hydrogen-bond acceptors (Lipinski definition) is 4. The van der Waals surface area contributed by atoms with Gasteiger partial charge < -0.3 is 10.1 Å². The van der Waals surface area contributed by atoms with Gasteiger partial charge in [-0.25, -0.2) is 14.4 Å². The van der Waals surface area contributed by atoms with Crippen molar-refractivity contribution in [2.45, 2.75) is 12.5 Å². The maximum atomic E-state index is 12.5. The van der Waals surface area contributed by atoms with Crippen LogP contribution in [0.4, 0.5) is 10.5 Å². The number of methoxy groups -OCH3 is 1. The van der Waals surface area contributed by atoms with E-state index in [0.717, 1.165) is 4.90 Å². The van der Waals surface area contributed by atoms with Crippen LogP contribution in [0.1, 0.15) is 6.92 Å². The van der Waals surface area contributed by atoms with Crippen molar-refractivity contribution in [2.24, 2.45) is 0 Å². The lowest BCUT2D eigenvalue weighted by atomic mass is 10.0. The molecule has 0 aliphatic carbocycles. The summed E-state index contributed by atoms with van der Waals surface area (Å²) in [5.74, 6) is -0.386. The lowest BCUT2D eigenvalue weighted by Gasteiger charge is -2.19. The first-order valence-electron chi connectivity index (χ1n) is 6.91. The molecule has 1 N–H and O–H groups in total. The number of para-hydroxylation sites is 1. The van der Waals surface area contributed by atoms with Gasteiger partial charge in [-0.05, 0) is 19.1 Å². The van der Waals surface area contributed by atoms with E-state index in [-0.39, 0.29) is 12.5 Å². The van der Waals surface area contributed by atoms with Crippen LogP contribution in [-0.2, 0) is 9.53 Å². The molecule has 1 unspecified atom stereocenters. The second kappa shape index (κ2) is 5.68. The molecule has 120 valence electrons. The monoisotopic (exact) mass is 334 g/mol. The van der Waals surface area contributed by atoms with Crippen molar-refractivity contribution in [3.8, 4) is 5.69 Å².